The molecule has 1 N–H and O–H groups in total. The molecule has 1 aromatic carbocycles. The first-order valence-corrected chi connectivity index (χ1v) is 13.9. The van der Waals surface area contributed by atoms with Crippen LogP contribution in [0.15, 0.2) is 29.4 Å². The monoisotopic (exact) mass is 483 g/mol. The number of hydrogen-bond acceptors (Lipinski definition) is 5. The number of rotatable bonds is 7. The van der Waals surface area contributed by atoms with Crippen molar-refractivity contribution in [2.45, 2.75) is 75.0 Å². The number of benzene rings is 1. The maximum absolute atomic E-state index is 13.6. The SMILES string of the molecule is O=C(CSc1nnc(CN2CCCCC2)n1-c1ccc(F)cc1)NC12CC3CC(CC(C3)C1)C2. The molecule has 2 aromatic rings. The number of carbonyl (C=O) groups is 1. The number of nitrogens with one attached hydrogen (secondary N) is 1. The van der Waals surface area contributed by atoms with Crippen LogP contribution in [0, 0.1) is 23.6 Å². The van der Waals surface area contributed by atoms with E-state index in [1.165, 1.54) is 62.4 Å². The number of hydrogen-bond donors (Lipinski definition) is 1. The Morgan fingerprint density at radius 2 is 1.65 bits per heavy atom. The molecule has 0 spiro atoms. The first-order valence-electron chi connectivity index (χ1n) is 12.9. The molecule has 0 atom stereocenters. The van der Waals surface area contributed by atoms with Crippen LogP contribution < -0.4 is 5.32 Å². The third-order valence-electron chi connectivity index (χ3n) is 8.37. The van der Waals surface area contributed by atoms with Crippen molar-refractivity contribution in [3.63, 3.8) is 0 Å². The number of piperidine rings is 1. The Morgan fingerprint density at radius 1 is 1.00 bits per heavy atom. The largest absolute Gasteiger partial charge is 0.350 e. The highest BCUT2D eigenvalue weighted by molar-refractivity contribution is 7.99. The zero-order valence-corrected chi connectivity index (χ0v) is 20.5. The van der Waals surface area contributed by atoms with E-state index in [0.717, 1.165) is 61.6 Å². The number of aromatic nitrogens is 3. The molecule has 182 valence electrons. The van der Waals surface area contributed by atoms with E-state index in [1.807, 2.05) is 4.57 Å². The van der Waals surface area contributed by atoms with Gasteiger partial charge in [-0.05, 0) is 106 Å². The van der Waals surface area contributed by atoms with Crippen LogP contribution in [-0.4, -0.2) is 50.0 Å². The summed E-state index contributed by atoms with van der Waals surface area (Å²) in [6, 6.07) is 6.46. The minimum Gasteiger partial charge on any atom is -0.350 e. The molecule has 5 aliphatic rings. The van der Waals surface area contributed by atoms with Gasteiger partial charge in [-0.25, -0.2) is 4.39 Å². The van der Waals surface area contributed by atoms with Gasteiger partial charge in [-0.15, -0.1) is 10.2 Å². The summed E-state index contributed by atoms with van der Waals surface area (Å²) in [5, 5.41) is 13.1. The van der Waals surface area contributed by atoms with Gasteiger partial charge < -0.3 is 5.32 Å². The summed E-state index contributed by atoms with van der Waals surface area (Å²) in [7, 11) is 0. The first kappa shape index (κ1) is 22.5. The van der Waals surface area contributed by atoms with E-state index in [4.69, 9.17) is 0 Å². The summed E-state index contributed by atoms with van der Waals surface area (Å²) in [5.41, 5.74) is 0.860. The van der Waals surface area contributed by atoms with E-state index in [2.05, 4.69) is 20.4 Å². The van der Waals surface area contributed by atoms with Crippen LogP contribution in [0.1, 0.15) is 63.6 Å². The third-order valence-corrected chi connectivity index (χ3v) is 9.30. The standard InChI is InChI=1S/C26H34FN5OS/c27-21-4-6-22(7-5-21)32-23(16-31-8-2-1-3-9-31)29-30-25(32)34-17-24(33)28-26-13-18-10-19(14-26)12-20(11-18)15-26/h4-7,18-20H,1-3,8-17H2,(H,28,33). The van der Waals surface area contributed by atoms with Crippen molar-refractivity contribution in [1.82, 2.24) is 25.0 Å². The molecule has 34 heavy (non-hydrogen) atoms. The molecule has 7 rings (SSSR count). The second-order valence-electron chi connectivity index (χ2n) is 11.1. The van der Waals surface area contributed by atoms with Crippen molar-refractivity contribution < 1.29 is 9.18 Å². The lowest BCUT2D eigenvalue weighted by atomic mass is 9.53. The van der Waals surface area contributed by atoms with Crippen LogP contribution in [0.25, 0.3) is 5.69 Å². The van der Waals surface area contributed by atoms with Gasteiger partial charge in [0.15, 0.2) is 11.0 Å². The molecule has 4 bridgehead atoms. The second-order valence-corrected chi connectivity index (χ2v) is 12.0. The molecule has 2 heterocycles. The van der Waals surface area contributed by atoms with Crippen LogP contribution >= 0.6 is 11.8 Å². The molecule has 1 amide bonds. The molecule has 0 unspecified atom stereocenters. The van der Waals surface area contributed by atoms with Gasteiger partial charge in [0.2, 0.25) is 5.91 Å². The molecule has 1 aliphatic heterocycles. The van der Waals surface area contributed by atoms with E-state index >= 15 is 0 Å². The smallest absolute Gasteiger partial charge is 0.230 e. The first-order chi connectivity index (χ1) is 16.6. The summed E-state index contributed by atoms with van der Waals surface area (Å²) < 4.78 is 15.6. The lowest BCUT2D eigenvalue weighted by Crippen LogP contribution is -2.60. The van der Waals surface area contributed by atoms with Crippen molar-refractivity contribution in [2.24, 2.45) is 17.8 Å². The highest BCUT2D eigenvalue weighted by atomic mass is 32.2. The molecule has 6 nitrogen and oxygen atoms in total. The average Bonchev–Trinajstić information content (AvgIpc) is 3.20. The number of carbonyl (C=O) groups excluding carboxylic acids is 1. The van der Waals surface area contributed by atoms with Gasteiger partial charge in [0.25, 0.3) is 0 Å². The minimum absolute atomic E-state index is 0.0243. The summed E-state index contributed by atoms with van der Waals surface area (Å²) in [6.07, 6.45) is 11.2. The maximum Gasteiger partial charge on any atom is 0.230 e. The van der Waals surface area contributed by atoms with Crippen molar-refractivity contribution in [2.75, 3.05) is 18.8 Å². The fourth-order valence-electron chi connectivity index (χ4n) is 7.39. The molecule has 1 aromatic heterocycles. The lowest BCUT2D eigenvalue weighted by Gasteiger charge is -2.56. The highest BCUT2D eigenvalue weighted by Gasteiger charge is 2.51. The van der Waals surface area contributed by atoms with Crippen LogP contribution in [0.5, 0.6) is 0 Å². The Labute approximate surface area is 205 Å². The maximum atomic E-state index is 13.6. The fraction of sp³-hybridized carbons (Fsp3) is 0.654. The minimum atomic E-state index is -0.265. The summed E-state index contributed by atoms with van der Waals surface area (Å²) in [6.45, 7) is 2.84. The zero-order valence-electron chi connectivity index (χ0n) is 19.7. The quantitative estimate of drug-likeness (QED) is 0.585. The van der Waals surface area contributed by atoms with Crippen molar-refractivity contribution in [3.05, 3.63) is 35.9 Å². The predicted molar refractivity (Wildman–Crippen MR) is 130 cm³/mol. The molecule has 1 saturated heterocycles. The van der Waals surface area contributed by atoms with E-state index in [0.29, 0.717) is 17.5 Å². The van der Waals surface area contributed by atoms with E-state index in [-0.39, 0.29) is 17.3 Å². The average molecular weight is 484 g/mol. The van der Waals surface area contributed by atoms with E-state index in [9.17, 15) is 9.18 Å². The predicted octanol–water partition coefficient (Wildman–Crippen LogP) is 4.57. The molecule has 5 fully saturated rings. The third kappa shape index (κ3) is 4.63. The van der Waals surface area contributed by atoms with Gasteiger partial charge in [-0.2, -0.15) is 0 Å². The zero-order chi connectivity index (χ0) is 23.1. The Hall–Kier alpha value is -1.93. The van der Waals surface area contributed by atoms with Crippen molar-refractivity contribution in [1.29, 1.82) is 0 Å². The topological polar surface area (TPSA) is 63.1 Å². The second kappa shape index (κ2) is 9.26. The van der Waals surface area contributed by atoms with Crippen LogP contribution in [0.2, 0.25) is 0 Å². The van der Waals surface area contributed by atoms with E-state index in [1.54, 1.807) is 12.1 Å². The van der Waals surface area contributed by atoms with Gasteiger partial charge in [-0.1, -0.05) is 18.2 Å². The lowest BCUT2D eigenvalue weighted by molar-refractivity contribution is -0.124. The number of nitrogens with zero attached hydrogens (tertiary/aromatic N) is 4. The van der Waals surface area contributed by atoms with Gasteiger partial charge in [-0.3, -0.25) is 14.3 Å². The molecule has 4 saturated carbocycles. The number of likely N-dealkylation sites (tertiary alicyclic amines) is 1. The summed E-state index contributed by atoms with van der Waals surface area (Å²) in [5.74, 6) is 3.41. The van der Waals surface area contributed by atoms with Crippen LogP contribution in [0.4, 0.5) is 4.39 Å². The fourth-order valence-corrected chi connectivity index (χ4v) is 8.16. The van der Waals surface area contributed by atoms with Gasteiger partial charge in [0, 0.05) is 11.2 Å². The molecule has 4 aliphatic carbocycles. The Balaban J connectivity index is 1.16. The van der Waals surface area contributed by atoms with Crippen LogP contribution in [-0.2, 0) is 11.3 Å². The Bertz CT molecular complexity index is 997. The molecule has 8 heteroatoms. The highest BCUT2D eigenvalue weighted by Crippen LogP contribution is 2.55. The Kier molecular flexibility index (Phi) is 6.14. The Morgan fingerprint density at radius 3 is 2.29 bits per heavy atom. The number of thioether (sulfide) groups is 1. The summed E-state index contributed by atoms with van der Waals surface area (Å²) in [4.78, 5) is 15.5. The van der Waals surface area contributed by atoms with Gasteiger partial charge >= 0.3 is 0 Å². The molecular weight excluding hydrogens is 449 g/mol. The van der Waals surface area contributed by atoms with Crippen molar-refractivity contribution >= 4 is 17.7 Å². The van der Waals surface area contributed by atoms with Gasteiger partial charge in [0.1, 0.15) is 5.82 Å². The summed E-state index contributed by atoms with van der Waals surface area (Å²) >= 11 is 1.43. The van der Waals surface area contributed by atoms with Gasteiger partial charge in [0.05, 0.1) is 12.3 Å². The molecular formula is C26H34FN5OS. The normalized spacial score (nSPS) is 30.6. The van der Waals surface area contributed by atoms with Crippen molar-refractivity contribution in [3.8, 4) is 5.69 Å². The number of amides is 1. The molecule has 0 radical (unpaired) electrons. The van der Waals surface area contributed by atoms with E-state index < -0.39 is 0 Å². The number of halogens is 1. The van der Waals surface area contributed by atoms with Crippen LogP contribution in [0.3, 0.4) is 0 Å².